The van der Waals surface area contributed by atoms with Gasteiger partial charge >= 0.3 is 0 Å². The lowest BCUT2D eigenvalue weighted by molar-refractivity contribution is -0.111. The molecule has 0 aliphatic heterocycles. The summed E-state index contributed by atoms with van der Waals surface area (Å²) in [6, 6.07) is 3.89. The SMILES string of the molecule is COc1cccc2c1C(=O)c1c(O)c3c(c(O)c1C2=O)CC(C)(C(N)C=O)CC3. The number of rotatable bonds is 3. The molecule has 0 fully saturated rings. The minimum Gasteiger partial charge on any atom is -0.507 e. The molecule has 0 bridgehead atoms. The molecule has 2 aromatic rings. The van der Waals surface area contributed by atoms with Crippen LogP contribution in [0.3, 0.4) is 0 Å². The van der Waals surface area contributed by atoms with Crippen molar-refractivity contribution in [2.45, 2.75) is 32.2 Å². The Morgan fingerprint density at radius 2 is 1.76 bits per heavy atom. The Morgan fingerprint density at radius 1 is 1.10 bits per heavy atom. The van der Waals surface area contributed by atoms with Crippen LogP contribution in [0.4, 0.5) is 0 Å². The van der Waals surface area contributed by atoms with Crippen LogP contribution in [0.25, 0.3) is 0 Å². The van der Waals surface area contributed by atoms with Gasteiger partial charge in [0.2, 0.25) is 5.78 Å². The Morgan fingerprint density at radius 3 is 2.41 bits per heavy atom. The summed E-state index contributed by atoms with van der Waals surface area (Å²) >= 11 is 0. The minimum absolute atomic E-state index is 0.0748. The van der Waals surface area contributed by atoms with Crippen molar-refractivity contribution < 1.29 is 29.3 Å². The van der Waals surface area contributed by atoms with Gasteiger partial charge < -0.3 is 25.5 Å². The van der Waals surface area contributed by atoms with Gasteiger partial charge in [-0.15, -0.1) is 0 Å². The first-order valence-corrected chi connectivity index (χ1v) is 9.32. The fraction of sp³-hybridized carbons (Fsp3) is 0.318. The number of phenols is 2. The van der Waals surface area contributed by atoms with E-state index in [1.165, 1.54) is 13.2 Å². The first-order chi connectivity index (χ1) is 13.7. The predicted octanol–water partition coefficient (Wildman–Crippen LogP) is 1.90. The molecule has 0 spiro atoms. The van der Waals surface area contributed by atoms with Crippen LogP contribution in [0.1, 0.15) is 56.3 Å². The first kappa shape index (κ1) is 19.1. The molecule has 2 aliphatic carbocycles. The number of carbonyl (C=O) groups is 3. The number of ether oxygens (including phenoxy) is 1. The number of aromatic hydroxyl groups is 2. The van der Waals surface area contributed by atoms with E-state index in [1.807, 2.05) is 6.92 Å². The van der Waals surface area contributed by atoms with E-state index < -0.39 is 23.0 Å². The van der Waals surface area contributed by atoms with Crippen molar-refractivity contribution in [3.63, 3.8) is 0 Å². The topological polar surface area (TPSA) is 127 Å². The van der Waals surface area contributed by atoms with Gasteiger partial charge in [0, 0.05) is 16.7 Å². The summed E-state index contributed by atoms with van der Waals surface area (Å²) in [5, 5.41) is 21.9. The monoisotopic (exact) mass is 395 g/mol. The fourth-order valence-electron chi connectivity index (χ4n) is 4.46. The number of aldehydes is 1. The van der Waals surface area contributed by atoms with Gasteiger partial charge in [-0.3, -0.25) is 9.59 Å². The summed E-state index contributed by atoms with van der Waals surface area (Å²) in [6.07, 6.45) is 1.69. The molecular weight excluding hydrogens is 374 g/mol. The first-order valence-electron chi connectivity index (χ1n) is 9.32. The van der Waals surface area contributed by atoms with Crippen molar-refractivity contribution in [3.05, 3.63) is 51.6 Å². The molecule has 4 N–H and O–H groups in total. The van der Waals surface area contributed by atoms with Gasteiger partial charge in [-0.1, -0.05) is 19.1 Å². The van der Waals surface area contributed by atoms with Crippen LogP contribution in [0.2, 0.25) is 0 Å². The lowest BCUT2D eigenvalue weighted by Crippen LogP contribution is -2.44. The number of nitrogens with two attached hydrogens (primary N) is 1. The molecule has 29 heavy (non-hydrogen) atoms. The van der Waals surface area contributed by atoms with Gasteiger partial charge in [-0.2, -0.15) is 0 Å². The number of hydrogen-bond acceptors (Lipinski definition) is 7. The highest BCUT2D eigenvalue weighted by Gasteiger charge is 2.43. The Labute approximate surface area is 167 Å². The molecule has 2 aromatic carbocycles. The fourth-order valence-corrected chi connectivity index (χ4v) is 4.46. The second kappa shape index (κ2) is 6.42. The van der Waals surface area contributed by atoms with Crippen molar-refractivity contribution in [1.29, 1.82) is 0 Å². The van der Waals surface area contributed by atoms with Crippen LogP contribution in [-0.4, -0.2) is 41.2 Å². The smallest absolute Gasteiger partial charge is 0.202 e. The second-order valence-electron chi connectivity index (χ2n) is 7.94. The van der Waals surface area contributed by atoms with Crippen LogP contribution >= 0.6 is 0 Å². The van der Waals surface area contributed by atoms with Gasteiger partial charge in [-0.25, -0.2) is 0 Å². The highest BCUT2D eigenvalue weighted by molar-refractivity contribution is 6.31. The molecule has 2 aliphatic rings. The average molecular weight is 395 g/mol. The third kappa shape index (κ3) is 2.50. The zero-order valence-electron chi connectivity index (χ0n) is 16.1. The third-order valence-corrected chi connectivity index (χ3v) is 6.31. The molecule has 0 heterocycles. The largest absolute Gasteiger partial charge is 0.507 e. The van der Waals surface area contributed by atoms with Crippen LogP contribution in [0.15, 0.2) is 18.2 Å². The normalized spacial score (nSPS) is 21.1. The number of methoxy groups -OCH3 is 1. The number of benzene rings is 2. The van der Waals surface area contributed by atoms with Gasteiger partial charge in [-0.05, 0) is 30.7 Å². The Kier molecular flexibility index (Phi) is 4.24. The van der Waals surface area contributed by atoms with Crippen molar-refractivity contribution in [3.8, 4) is 17.2 Å². The van der Waals surface area contributed by atoms with Crippen molar-refractivity contribution in [2.24, 2.45) is 11.1 Å². The maximum atomic E-state index is 13.2. The van der Waals surface area contributed by atoms with Crippen molar-refractivity contribution >= 4 is 17.9 Å². The van der Waals surface area contributed by atoms with Crippen LogP contribution in [0.5, 0.6) is 17.2 Å². The molecule has 0 aromatic heterocycles. The molecule has 7 heteroatoms. The van der Waals surface area contributed by atoms with Crippen LogP contribution in [0, 0.1) is 5.41 Å². The van der Waals surface area contributed by atoms with E-state index in [4.69, 9.17) is 10.5 Å². The predicted molar refractivity (Wildman–Crippen MR) is 104 cm³/mol. The molecule has 0 amide bonds. The van der Waals surface area contributed by atoms with E-state index in [-0.39, 0.29) is 45.9 Å². The zero-order chi connectivity index (χ0) is 21.1. The number of hydrogen-bond donors (Lipinski definition) is 3. The molecule has 2 unspecified atom stereocenters. The van der Waals surface area contributed by atoms with Crippen molar-refractivity contribution in [2.75, 3.05) is 7.11 Å². The van der Waals surface area contributed by atoms with Gasteiger partial charge in [0.15, 0.2) is 5.78 Å². The van der Waals surface area contributed by atoms with Gasteiger partial charge in [0.1, 0.15) is 23.5 Å². The highest BCUT2D eigenvalue weighted by Crippen LogP contribution is 2.49. The van der Waals surface area contributed by atoms with E-state index in [0.29, 0.717) is 30.3 Å². The summed E-state index contributed by atoms with van der Waals surface area (Å²) < 4.78 is 5.23. The van der Waals surface area contributed by atoms with Crippen LogP contribution in [-0.2, 0) is 17.6 Å². The summed E-state index contributed by atoms with van der Waals surface area (Å²) in [5.74, 6) is -1.53. The molecule has 0 saturated heterocycles. The maximum absolute atomic E-state index is 13.2. The summed E-state index contributed by atoms with van der Waals surface area (Å²) in [4.78, 5) is 37.6. The Bertz CT molecular complexity index is 1090. The number of phenolic OH excluding ortho intramolecular Hbond substituents is 2. The second-order valence-corrected chi connectivity index (χ2v) is 7.94. The molecule has 0 saturated carbocycles. The van der Waals surface area contributed by atoms with E-state index in [1.54, 1.807) is 12.1 Å². The number of carbonyl (C=O) groups excluding carboxylic acids is 3. The number of ketones is 2. The average Bonchev–Trinajstić information content (AvgIpc) is 2.73. The number of fused-ring (bicyclic) bond motifs is 3. The molecule has 150 valence electrons. The lowest BCUT2D eigenvalue weighted by Gasteiger charge is -2.38. The maximum Gasteiger partial charge on any atom is 0.202 e. The van der Waals surface area contributed by atoms with Gasteiger partial charge in [0.25, 0.3) is 0 Å². The standard InChI is InChI=1S/C22H21NO6/c1-22(14(23)9-24)7-6-10-12(8-22)20(27)16-17(18(10)25)21(28)15-11(19(16)26)4-3-5-13(15)29-2/h3-5,9,14,25,27H,6-8,23H2,1-2H3. The quantitative estimate of drug-likeness (QED) is 0.457. The Balaban J connectivity index is 1.97. The summed E-state index contributed by atoms with van der Waals surface area (Å²) in [7, 11) is 1.39. The summed E-state index contributed by atoms with van der Waals surface area (Å²) in [6.45, 7) is 1.83. The zero-order valence-corrected chi connectivity index (χ0v) is 16.1. The van der Waals surface area contributed by atoms with Gasteiger partial charge in [0.05, 0.1) is 29.8 Å². The molecule has 2 atom stereocenters. The molecule has 0 radical (unpaired) electrons. The Hall–Kier alpha value is -3.19. The van der Waals surface area contributed by atoms with E-state index >= 15 is 0 Å². The van der Waals surface area contributed by atoms with E-state index in [2.05, 4.69) is 0 Å². The molecular formula is C22H21NO6. The van der Waals surface area contributed by atoms with Crippen molar-refractivity contribution in [1.82, 2.24) is 0 Å². The lowest BCUT2D eigenvalue weighted by atomic mass is 9.67. The van der Waals surface area contributed by atoms with E-state index in [9.17, 15) is 24.6 Å². The summed E-state index contributed by atoms with van der Waals surface area (Å²) in [5.41, 5.74) is 5.88. The minimum atomic E-state index is -0.754. The van der Waals surface area contributed by atoms with E-state index in [0.717, 1.165) is 0 Å². The molecule has 4 rings (SSSR count). The van der Waals surface area contributed by atoms with Crippen LogP contribution < -0.4 is 10.5 Å². The highest BCUT2D eigenvalue weighted by atomic mass is 16.5. The third-order valence-electron chi connectivity index (χ3n) is 6.31. The molecule has 7 nitrogen and oxygen atoms in total.